The van der Waals surface area contributed by atoms with E-state index in [1.54, 1.807) is 17.0 Å². The third-order valence-electron chi connectivity index (χ3n) is 4.10. The van der Waals surface area contributed by atoms with Crippen LogP contribution in [0.15, 0.2) is 24.3 Å². The first-order chi connectivity index (χ1) is 9.62. The van der Waals surface area contributed by atoms with Crippen LogP contribution < -0.4 is 5.32 Å². The van der Waals surface area contributed by atoms with Gasteiger partial charge in [0.1, 0.15) is 5.82 Å². The molecule has 20 heavy (non-hydrogen) atoms. The van der Waals surface area contributed by atoms with E-state index in [-0.39, 0.29) is 24.2 Å². The van der Waals surface area contributed by atoms with Gasteiger partial charge in [-0.25, -0.2) is 4.39 Å². The minimum atomic E-state index is -0.529. The van der Waals surface area contributed by atoms with E-state index in [0.717, 1.165) is 24.8 Å². The molecule has 1 aromatic rings. The Labute approximate surface area is 117 Å². The summed E-state index contributed by atoms with van der Waals surface area (Å²) in [6.07, 6.45) is 2.32. The van der Waals surface area contributed by atoms with Gasteiger partial charge in [-0.1, -0.05) is 12.1 Å². The maximum absolute atomic E-state index is 13.0. The molecule has 1 aliphatic carbocycles. The highest BCUT2D eigenvalue weighted by molar-refractivity contribution is 5.94. The molecule has 0 atom stereocenters. The van der Waals surface area contributed by atoms with Crippen LogP contribution in [0.3, 0.4) is 0 Å². The number of halogens is 1. The Kier molecular flexibility index (Phi) is 3.20. The topological polar surface area (TPSA) is 49.4 Å². The van der Waals surface area contributed by atoms with Gasteiger partial charge in [-0.15, -0.1) is 0 Å². The molecule has 5 heteroatoms. The van der Waals surface area contributed by atoms with E-state index in [4.69, 9.17) is 0 Å². The molecule has 0 bridgehead atoms. The van der Waals surface area contributed by atoms with Gasteiger partial charge in [-0.05, 0) is 37.0 Å². The molecule has 1 aliphatic heterocycles. The number of carbonyl (C=O) groups is 2. The molecular formula is C15H17FN2O2. The van der Waals surface area contributed by atoms with Gasteiger partial charge in [0.2, 0.25) is 11.8 Å². The van der Waals surface area contributed by atoms with Gasteiger partial charge in [-0.3, -0.25) is 9.59 Å². The SMILES string of the molecule is O=C1CN(C(=O)C2(c3ccc(F)cc3)CC2)CCCN1. The van der Waals surface area contributed by atoms with Crippen molar-refractivity contribution < 1.29 is 14.0 Å². The molecule has 1 saturated heterocycles. The van der Waals surface area contributed by atoms with Gasteiger partial charge in [0, 0.05) is 13.1 Å². The molecule has 1 saturated carbocycles. The third kappa shape index (κ3) is 2.28. The summed E-state index contributed by atoms with van der Waals surface area (Å²) >= 11 is 0. The zero-order chi connectivity index (χ0) is 14.2. The third-order valence-corrected chi connectivity index (χ3v) is 4.10. The van der Waals surface area contributed by atoms with E-state index in [1.165, 1.54) is 12.1 Å². The van der Waals surface area contributed by atoms with Crippen molar-refractivity contribution in [1.29, 1.82) is 0 Å². The fourth-order valence-electron chi connectivity index (χ4n) is 2.80. The fraction of sp³-hybridized carbons (Fsp3) is 0.467. The van der Waals surface area contributed by atoms with Crippen molar-refractivity contribution in [3.8, 4) is 0 Å². The largest absolute Gasteiger partial charge is 0.354 e. The molecule has 2 amide bonds. The summed E-state index contributed by atoms with van der Waals surface area (Å²) in [5.74, 6) is -0.405. The van der Waals surface area contributed by atoms with Crippen molar-refractivity contribution in [2.45, 2.75) is 24.7 Å². The van der Waals surface area contributed by atoms with Gasteiger partial charge >= 0.3 is 0 Å². The molecule has 0 spiro atoms. The van der Waals surface area contributed by atoms with E-state index in [2.05, 4.69) is 5.32 Å². The van der Waals surface area contributed by atoms with Crippen LogP contribution in [0, 0.1) is 5.82 Å². The summed E-state index contributed by atoms with van der Waals surface area (Å²) in [7, 11) is 0. The van der Waals surface area contributed by atoms with Crippen LogP contribution in [0.4, 0.5) is 4.39 Å². The van der Waals surface area contributed by atoms with Gasteiger partial charge in [0.05, 0.1) is 12.0 Å². The second kappa shape index (κ2) is 4.89. The summed E-state index contributed by atoms with van der Waals surface area (Å²) in [5.41, 5.74) is 0.326. The summed E-state index contributed by atoms with van der Waals surface area (Å²) < 4.78 is 13.0. The lowest BCUT2D eigenvalue weighted by Crippen LogP contribution is -2.43. The smallest absolute Gasteiger partial charge is 0.239 e. The van der Waals surface area contributed by atoms with Crippen molar-refractivity contribution in [3.05, 3.63) is 35.6 Å². The monoisotopic (exact) mass is 276 g/mol. The van der Waals surface area contributed by atoms with Crippen LogP contribution in [-0.4, -0.2) is 36.3 Å². The zero-order valence-corrected chi connectivity index (χ0v) is 11.2. The molecule has 3 rings (SSSR count). The lowest BCUT2D eigenvalue weighted by Gasteiger charge is -2.25. The van der Waals surface area contributed by atoms with Crippen molar-refractivity contribution >= 4 is 11.8 Å². The van der Waals surface area contributed by atoms with Crippen LogP contribution in [-0.2, 0) is 15.0 Å². The number of nitrogens with zero attached hydrogens (tertiary/aromatic N) is 1. The van der Waals surface area contributed by atoms with Crippen molar-refractivity contribution in [1.82, 2.24) is 10.2 Å². The lowest BCUT2D eigenvalue weighted by atomic mass is 9.94. The molecule has 2 aliphatic rings. The van der Waals surface area contributed by atoms with Crippen LogP contribution in [0.2, 0.25) is 0 Å². The average Bonchev–Trinajstić information content (AvgIpc) is 3.24. The molecule has 1 heterocycles. The van der Waals surface area contributed by atoms with E-state index in [9.17, 15) is 14.0 Å². The first-order valence-corrected chi connectivity index (χ1v) is 6.94. The normalized spacial score (nSPS) is 21.1. The Morgan fingerprint density at radius 2 is 1.95 bits per heavy atom. The zero-order valence-electron chi connectivity index (χ0n) is 11.2. The van der Waals surface area contributed by atoms with Crippen molar-refractivity contribution in [2.24, 2.45) is 0 Å². The lowest BCUT2D eigenvalue weighted by molar-refractivity contribution is -0.137. The molecule has 1 N–H and O–H groups in total. The van der Waals surface area contributed by atoms with Crippen LogP contribution >= 0.6 is 0 Å². The summed E-state index contributed by atoms with van der Waals surface area (Å²) in [5, 5.41) is 2.77. The Morgan fingerprint density at radius 3 is 2.60 bits per heavy atom. The molecule has 0 unspecified atom stereocenters. The Morgan fingerprint density at radius 1 is 1.25 bits per heavy atom. The number of carbonyl (C=O) groups excluding carboxylic acids is 2. The number of rotatable bonds is 2. The molecule has 106 valence electrons. The maximum Gasteiger partial charge on any atom is 0.239 e. The van der Waals surface area contributed by atoms with Crippen LogP contribution in [0.25, 0.3) is 0 Å². The van der Waals surface area contributed by atoms with Gasteiger partial charge < -0.3 is 10.2 Å². The molecule has 1 aromatic carbocycles. The number of amides is 2. The molecule has 4 nitrogen and oxygen atoms in total. The molecule has 2 fully saturated rings. The van der Waals surface area contributed by atoms with Gasteiger partial charge in [0.25, 0.3) is 0 Å². The summed E-state index contributed by atoms with van der Waals surface area (Å²) in [6.45, 7) is 1.34. The second-order valence-electron chi connectivity index (χ2n) is 5.52. The van der Waals surface area contributed by atoms with Crippen LogP contribution in [0.1, 0.15) is 24.8 Å². The first kappa shape index (κ1) is 13.1. The van der Waals surface area contributed by atoms with Gasteiger partial charge in [0.15, 0.2) is 0 Å². The first-order valence-electron chi connectivity index (χ1n) is 6.94. The predicted molar refractivity (Wildman–Crippen MR) is 71.5 cm³/mol. The van der Waals surface area contributed by atoms with Crippen LogP contribution in [0.5, 0.6) is 0 Å². The Bertz CT molecular complexity index is 537. The van der Waals surface area contributed by atoms with E-state index in [0.29, 0.717) is 13.1 Å². The van der Waals surface area contributed by atoms with E-state index < -0.39 is 5.41 Å². The minimum absolute atomic E-state index is 0.00107. The quantitative estimate of drug-likeness (QED) is 0.882. The summed E-state index contributed by atoms with van der Waals surface area (Å²) in [6, 6.07) is 6.13. The minimum Gasteiger partial charge on any atom is -0.354 e. The number of nitrogens with one attached hydrogen (secondary N) is 1. The Hall–Kier alpha value is -1.91. The van der Waals surface area contributed by atoms with Gasteiger partial charge in [-0.2, -0.15) is 0 Å². The summed E-state index contributed by atoms with van der Waals surface area (Å²) in [4.78, 5) is 25.9. The van der Waals surface area contributed by atoms with Crippen molar-refractivity contribution in [2.75, 3.05) is 19.6 Å². The maximum atomic E-state index is 13.0. The predicted octanol–water partition coefficient (Wildman–Crippen LogP) is 1.21. The Balaban J connectivity index is 1.82. The molecule has 0 aromatic heterocycles. The van der Waals surface area contributed by atoms with E-state index in [1.807, 2.05) is 0 Å². The van der Waals surface area contributed by atoms with E-state index >= 15 is 0 Å². The fourth-order valence-corrected chi connectivity index (χ4v) is 2.80. The molecular weight excluding hydrogens is 259 g/mol. The number of hydrogen-bond acceptors (Lipinski definition) is 2. The highest BCUT2D eigenvalue weighted by Crippen LogP contribution is 2.49. The molecule has 0 radical (unpaired) electrons. The number of hydrogen-bond donors (Lipinski definition) is 1. The highest BCUT2D eigenvalue weighted by atomic mass is 19.1. The van der Waals surface area contributed by atoms with Crippen molar-refractivity contribution in [3.63, 3.8) is 0 Å². The number of benzene rings is 1. The average molecular weight is 276 g/mol. The second-order valence-corrected chi connectivity index (χ2v) is 5.52. The highest BCUT2D eigenvalue weighted by Gasteiger charge is 2.53. The standard InChI is InChI=1S/C15H17FN2O2/c16-12-4-2-11(3-5-12)15(6-7-15)14(20)18-9-1-8-17-13(19)10-18/h2-5H,1,6-10H2,(H,17,19).